The number of rotatable bonds is 5. The van der Waals surface area contributed by atoms with Gasteiger partial charge in [-0.05, 0) is 66.3 Å². The van der Waals surface area contributed by atoms with Crippen molar-refractivity contribution in [2.24, 2.45) is 17.3 Å². The molecule has 3 unspecified atom stereocenters. The van der Waals surface area contributed by atoms with E-state index in [9.17, 15) is 4.79 Å². The highest BCUT2D eigenvalue weighted by Gasteiger charge is 2.62. The molecule has 2 heterocycles. The molecule has 4 nitrogen and oxygen atoms in total. The Labute approximate surface area is 183 Å². The van der Waals surface area contributed by atoms with Gasteiger partial charge in [0.05, 0.1) is 26.2 Å². The number of thiophene rings is 1. The Morgan fingerprint density at radius 2 is 1.90 bits per heavy atom. The van der Waals surface area contributed by atoms with E-state index >= 15 is 0 Å². The van der Waals surface area contributed by atoms with E-state index in [2.05, 4.69) is 68.3 Å². The van der Waals surface area contributed by atoms with Gasteiger partial charge in [-0.1, -0.05) is 31.6 Å². The van der Waals surface area contributed by atoms with Gasteiger partial charge in [0.2, 0.25) is 5.91 Å². The number of carbonyl (C=O) groups excluding carboxylic acids is 1. The van der Waals surface area contributed by atoms with E-state index in [4.69, 9.17) is 9.47 Å². The molecule has 0 spiro atoms. The minimum atomic E-state index is -0.0789. The summed E-state index contributed by atoms with van der Waals surface area (Å²) in [5, 5.41) is 2.08. The van der Waals surface area contributed by atoms with Gasteiger partial charge in [0, 0.05) is 11.4 Å². The second-order valence-electron chi connectivity index (χ2n) is 9.17. The number of hydrogen-bond acceptors (Lipinski definition) is 4. The maximum atomic E-state index is 13.8. The Morgan fingerprint density at radius 3 is 2.50 bits per heavy atom. The van der Waals surface area contributed by atoms with Crippen molar-refractivity contribution in [1.82, 2.24) is 4.90 Å². The zero-order valence-electron chi connectivity index (χ0n) is 18.7. The maximum absolute atomic E-state index is 13.8. The van der Waals surface area contributed by atoms with Crippen LogP contribution >= 0.6 is 11.3 Å². The van der Waals surface area contributed by atoms with Crippen molar-refractivity contribution >= 4 is 17.2 Å². The van der Waals surface area contributed by atoms with Crippen LogP contribution in [0.3, 0.4) is 0 Å². The molecule has 1 aliphatic carbocycles. The molecule has 0 bridgehead atoms. The van der Waals surface area contributed by atoms with Crippen LogP contribution in [0.25, 0.3) is 0 Å². The second kappa shape index (κ2) is 7.77. The zero-order chi connectivity index (χ0) is 21.6. The van der Waals surface area contributed by atoms with E-state index in [-0.39, 0.29) is 23.3 Å². The van der Waals surface area contributed by atoms with Crippen LogP contribution in [0.15, 0.2) is 41.3 Å². The molecular weight excluding hydrogens is 394 g/mol. The number of amides is 1. The van der Waals surface area contributed by atoms with Gasteiger partial charge in [-0.15, -0.1) is 11.3 Å². The van der Waals surface area contributed by atoms with Crippen LogP contribution in [-0.4, -0.2) is 31.6 Å². The predicted octanol–water partition coefficient (Wildman–Crippen LogP) is 5.48. The minimum Gasteiger partial charge on any atom is -0.493 e. The number of nitrogens with zero attached hydrogens (tertiary/aromatic N) is 1. The molecule has 160 valence electrons. The van der Waals surface area contributed by atoms with Crippen LogP contribution < -0.4 is 9.47 Å². The van der Waals surface area contributed by atoms with Crippen LogP contribution in [-0.2, 0) is 11.2 Å². The Morgan fingerprint density at radius 1 is 1.20 bits per heavy atom. The molecule has 2 aliphatic rings. The topological polar surface area (TPSA) is 38.8 Å². The highest BCUT2D eigenvalue weighted by molar-refractivity contribution is 7.10. The van der Waals surface area contributed by atoms with Gasteiger partial charge >= 0.3 is 0 Å². The summed E-state index contributed by atoms with van der Waals surface area (Å²) in [7, 11) is 3.32. The molecule has 1 aliphatic heterocycles. The summed E-state index contributed by atoms with van der Waals surface area (Å²) >= 11 is 1.70. The first-order valence-electron chi connectivity index (χ1n) is 10.5. The largest absolute Gasteiger partial charge is 0.493 e. The van der Waals surface area contributed by atoms with Crippen molar-refractivity contribution in [3.05, 3.63) is 57.3 Å². The van der Waals surface area contributed by atoms with Crippen molar-refractivity contribution in [2.45, 2.75) is 40.2 Å². The molecule has 1 fully saturated rings. The van der Waals surface area contributed by atoms with Gasteiger partial charge in [0.25, 0.3) is 0 Å². The Balaban J connectivity index is 1.75. The summed E-state index contributed by atoms with van der Waals surface area (Å²) < 4.78 is 11.1. The van der Waals surface area contributed by atoms with Gasteiger partial charge in [0.1, 0.15) is 0 Å². The lowest BCUT2D eigenvalue weighted by atomic mass is 9.90. The molecule has 5 heteroatoms. The first-order valence-corrected chi connectivity index (χ1v) is 11.4. The van der Waals surface area contributed by atoms with E-state index in [1.54, 1.807) is 25.6 Å². The third kappa shape index (κ3) is 3.43. The highest BCUT2D eigenvalue weighted by Crippen LogP contribution is 2.61. The SMILES string of the molecule is COc1cc2c(cc1OC)C(c1cccs1)N(C(=O)C1C(C=C(C)C)C1(C)C)CC2. The van der Waals surface area contributed by atoms with E-state index in [1.807, 2.05) is 0 Å². The third-order valence-corrected chi connectivity index (χ3v) is 7.58. The van der Waals surface area contributed by atoms with Gasteiger partial charge in [-0.25, -0.2) is 0 Å². The molecule has 0 saturated heterocycles. The summed E-state index contributed by atoms with van der Waals surface area (Å²) in [6.07, 6.45) is 3.10. The molecular formula is C25H31NO3S. The summed E-state index contributed by atoms with van der Waals surface area (Å²) in [6, 6.07) is 8.25. The average Bonchev–Trinajstić information content (AvgIpc) is 3.06. The number of methoxy groups -OCH3 is 2. The first-order chi connectivity index (χ1) is 14.3. The maximum Gasteiger partial charge on any atom is 0.227 e. The van der Waals surface area contributed by atoms with Gasteiger partial charge < -0.3 is 14.4 Å². The number of fused-ring (bicyclic) bond motifs is 1. The van der Waals surface area contributed by atoms with Crippen LogP contribution in [0, 0.1) is 17.3 Å². The van der Waals surface area contributed by atoms with Crippen molar-refractivity contribution in [1.29, 1.82) is 0 Å². The van der Waals surface area contributed by atoms with Crippen molar-refractivity contribution in [3.8, 4) is 11.5 Å². The summed E-state index contributed by atoms with van der Waals surface area (Å²) in [4.78, 5) is 17.1. The van der Waals surface area contributed by atoms with E-state index in [0.717, 1.165) is 24.3 Å². The number of benzene rings is 1. The molecule has 1 saturated carbocycles. The van der Waals surface area contributed by atoms with Crippen LogP contribution in [0.5, 0.6) is 11.5 Å². The highest BCUT2D eigenvalue weighted by atomic mass is 32.1. The second-order valence-corrected chi connectivity index (χ2v) is 10.2. The van der Waals surface area contributed by atoms with Crippen molar-refractivity contribution in [3.63, 3.8) is 0 Å². The normalized spacial score (nSPS) is 24.1. The molecule has 1 aromatic carbocycles. The quantitative estimate of drug-likeness (QED) is 0.596. The van der Waals surface area contributed by atoms with Crippen molar-refractivity contribution in [2.75, 3.05) is 20.8 Å². The van der Waals surface area contributed by atoms with Gasteiger partial charge in [0.15, 0.2) is 11.5 Å². The Kier molecular flexibility index (Phi) is 5.43. The lowest BCUT2D eigenvalue weighted by Gasteiger charge is -2.38. The standard InChI is InChI=1S/C25H31NO3S/c1-15(2)12-18-22(25(18,3)4)24(27)26-10-9-16-13-19(28-5)20(29-6)14-17(16)23(26)21-8-7-11-30-21/h7-8,11-14,18,22-23H,9-10H2,1-6H3. The molecule has 2 aromatic rings. The lowest BCUT2D eigenvalue weighted by Crippen LogP contribution is -2.42. The smallest absolute Gasteiger partial charge is 0.227 e. The molecule has 3 atom stereocenters. The van der Waals surface area contributed by atoms with E-state index < -0.39 is 0 Å². The molecule has 0 radical (unpaired) electrons. The Hall–Kier alpha value is -2.27. The van der Waals surface area contributed by atoms with E-state index in [1.165, 1.54) is 16.0 Å². The van der Waals surface area contributed by atoms with Crippen molar-refractivity contribution < 1.29 is 14.3 Å². The minimum absolute atomic E-state index is 0.00618. The number of hydrogen-bond donors (Lipinski definition) is 0. The average molecular weight is 426 g/mol. The fourth-order valence-electron chi connectivity index (χ4n) is 4.94. The van der Waals surface area contributed by atoms with Crippen LogP contribution in [0.4, 0.5) is 0 Å². The summed E-state index contributed by atoms with van der Waals surface area (Å²) in [6.45, 7) is 9.37. The number of carbonyl (C=O) groups is 1. The Bertz CT molecular complexity index is 973. The molecule has 0 N–H and O–H groups in total. The predicted molar refractivity (Wildman–Crippen MR) is 121 cm³/mol. The third-order valence-electron chi connectivity index (χ3n) is 6.66. The molecule has 1 aromatic heterocycles. The number of ether oxygens (including phenoxy) is 2. The van der Waals surface area contributed by atoms with Crippen LogP contribution in [0.2, 0.25) is 0 Å². The monoisotopic (exact) mass is 425 g/mol. The fourth-order valence-corrected chi connectivity index (χ4v) is 5.79. The molecule has 30 heavy (non-hydrogen) atoms. The molecule has 1 amide bonds. The summed E-state index contributed by atoms with van der Waals surface area (Å²) in [5.74, 6) is 2.07. The summed E-state index contributed by atoms with van der Waals surface area (Å²) in [5.41, 5.74) is 3.66. The zero-order valence-corrected chi connectivity index (χ0v) is 19.5. The molecule has 4 rings (SSSR count). The fraction of sp³-hybridized carbons (Fsp3) is 0.480. The number of allylic oxidation sites excluding steroid dienone is 2. The van der Waals surface area contributed by atoms with Gasteiger partial charge in [-0.2, -0.15) is 0 Å². The lowest BCUT2D eigenvalue weighted by molar-refractivity contribution is -0.135. The van der Waals surface area contributed by atoms with E-state index in [0.29, 0.717) is 11.7 Å². The van der Waals surface area contributed by atoms with Crippen LogP contribution in [0.1, 0.15) is 49.7 Å². The van der Waals surface area contributed by atoms with Gasteiger partial charge in [-0.3, -0.25) is 4.79 Å². The first kappa shape index (κ1) is 21.0.